The van der Waals surface area contributed by atoms with Gasteiger partial charge in [-0.05, 0) is 31.2 Å². The number of pyridine rings is 1. The third kappa shape index (κ3) is 2.42. The van der Waals surface area contributed by atoms with Crippen molar-refractivity contribution < 1.29 is 4.74 Å². The number of aromatic nitrogens is 4. The lowest BCUT2D eigenvalue weighted by molar-refractivity contribution is 0.0987. The first-order chi connectivity index (χ1) is 12.8. The molecule has 130 valence electrons. The number of aromatic amines is 1. The summed E-state index contributed by atoms with van der Waals surface area (Å²) in [6.07, 6.45) is 3.72. The molecule has 5 rings (SSSR count). The van der Waals surface area contributed by atoms with Crippen LogP contribution in [0.1, 0.15) is 6.92 Å². The number of morpholine rings is 1. The number of rotatable bonds is 2. The lowest BCUT2D eigenvalue weighted by Gasteiger charge is -2.34. The Morgan fingerprint density at radius 3 is 3.00 bits per heavy atom. The Morgan fingerprint density at radius 2 is 2.08 bits per heavy atom. The topological polar surface area (TPSA) is 66.9 Å². The normalized spacial score (nSPS) is 17.9. The van der Waals surface area contributed by atoms with Crippen molar-refractivity contribution in [1.82, 2.24) is 19.9 Å². The summed E-state index contributed by atoms with van der Waals surface area (Å²) in [5.74, 6) is 1.64. The number of nitrogens with one attached hydrogen (secondary N) is 1. The van der Waals surface area contributed by atoms with Gasteiger partial charge in [-0.15, -0.1) is 0 Å². The van der Waals surface area contributed by atoms with Crippen molar-refractivity contribution in [3.8, 4) is 11.4 Å². The van der Waals surface area contributed by atoms with Gasteiger partial charge in [-0.1, -0.05) is 12.1 Å². The van der Waals surface area contributed by atoms with E-state index in [1.807, 2.05) is 24.4 Å². The first-order valence-electron chi connectivity index (χ1n) is 8.85. The number of H-pyrrole nitrogens is 1. The molecule has 4 aromatic rings. The monoisotopic (exact) mass is 345 g/mol. The van der Waals surface area contributed by atoms with Gasteiger partial charge in [0.25, 0.3) is 0 Å². The summed E-state index contributed by atoms with van der Waals surface area (Å²) < 4.78 is 5.60. The van der Waals surface area contributed by atoms with Crippen LogP contribution in [-0.2, 0) is 4.74 Å². The van der Waals surface area contributed by atoms with Crippen LogP contribution in [0.2, 0.25) is 0 Å². The van der Waals surface area contributed by atoms with Crippen molar-refractivity contribution in [3.63, 3.8) is 0 Å². The number of ether oxygens (including phenoxy) is 1. The Labute approximate surface area is 150 Å². The summed E-state index contributed by atoms with van der Waals surface area (Å²) in [5.41, 5.74) is 2.81. The molecule has 6 heteroatoms. The highest BCUT2D eigenvalue weighted by Crippen LogP contribution is 2.31. The molecule has 4 heterocycles. The van der Waals surface area contributed by atoms with Crippen molar-refractivity contribution in [2.45, 2.75) is 13.0 Å². The van der Waals surface area contributed by atoms with E-state index < -0.39 is 0 Å². The zero-order valence-corrected chi connectivity index (χ0v) is 14.5. The summed E-state index contributed by atoms with van der Waals surface area (Å²) in [6, 6.07) is 12.5. The van der Waals surface area contributed by atoms with Gasteiger partial charge in [0.2, 0.25) is 0 Å². The standard InChI is InChI=1S/C20H19N5O/c1-13-12-26-11-10-25(13)20-16-5-3-8-22-18(16)23-19(24-20)15-4-2-6-17-14(15)7-9-21-17/h2-9,13,21H,10-12H2,1H3/t13-/m1/s1. The molecule has 26 heavy (non-hydrogen) atoms. The van der Waals surface area contributed by atoms with Crippen LogP contribution in [-0.4, -0.2) is 45.7 Å². The third-order valence-corrected chi connectivity index (χ3v) is 4.93. The molecular weight excluding hydrogens is 326 g/mol. The molecule has 0 amide bonds. The van der Waals surface area contributed by atoms with Gasteiger partial charge < -0.3 is 14.6 Å². The van der Waals surface area contributed by atoms with Crippen molar-refractivity contribution in [2.75, 3.05) is 24.7 Å². The molecule has 0 unspecified atom stereocenters. The van der Waals surface area contributed by atoms with Gasteiger partial charge in [-0.25, -0.2) is 15.0 Å². The van der Waals surface area contributed by atoms with Crippen molar-refractivity contribution >= 4 is 27.8 Å². The van der Waals surface area contributed by atoms with Crippen LogP contribution in [0.3, 0.4) is 0 Å². The largest absolute Gasteiger partial charge is 0.377 e. The van der Waals surface area contributed by atoms with Gasteiger partial charge in [0.15, 0.2) is 11.5 Å². The van der Waals surface area contributed by atoms with Crippen LogP contribution in [0.15, 0.2) is 48.8 Å². The summed E-state index contributed by atoms with van der Waals surface area (Å²) in [7, 11) is 0. The van der Waals surface area contributed by atoms with Gasteiger partial charge in [-0.2, -0.15) is 0 Å². The van der Waals surface area contributed by atoms with E-state index in [2.05, 4.69) is 40.0 Å². The quantitative estimate of drug-likeness (QED) is 0.603. The van der Waals surface area contributed by atoms with E-state index in [1.165, 1.54) is 0 Å². The van der Waals surface area contributed by atoms with E-state index in [-0.39, 0.29) is 6.04 Å². The van der Waals surface area contributed by atoms with Crippen molar-refractivity contribution in [3.05, 3.63) is 48.8 Å². The molecule has 0 radical (unpaired) electrons. The number of hydrogen-bond acceptors (Lipinski definition) is 5. The molecule has 1 N–H and O–H groups in total. The minimum absolute atomic E-state index is 0.262. The molecule has 1 aliphatic heterocycles. The lowest BCUT2D eigenvalue weighted by Crippen LogP contribution is -2.44. The summed E-state index contributed by atoms with van der Waals surface area (Å²) in [6.45, 7) is 4.39. The fourth-order valence-electron chi connectivity index (χ4n) is 3.61. The lowest BCUT2D eigenvalue weighted by atomic mass is 10.1. The molecule has 1 atom stereocenters. The zero-order chi connectivity index (χ0) is 17.5. The number of nitrogens with zero attached hydrogens (tertiary/aromatic N) is 4. The predicted octanol–water partition coefficient (Wildman–Crippen LogP) is 3.40. The molecule has 3 aromatic heterocycles. The molecule has 0 spiro atoms. The first kappa shape index (κ1) is 15.3. The third-order valence-electron chi connectivity index (χ3n) is 4.93. The number of anilines is 1. The second-order valence-corrected chi connectivity index (χ2v) is 6.61. The summed E-state index contributed by atoms with van der Waals surface area (Å²) >= 11 is 0. The molecule has 0 saturated carbocycles. The maximum Gasteiger partial charge on any atom is 0.165 e. The Bertz CT molecular complexity index is 1090. The van der Waals surface area contributed by atoms with E-state index in [1.54, 1.807) is 6.20 Å². The maximum absolute atomic E-state index is 5.60. The highest BCUT2D eigenvalue weighted by Gasteiger charge is 2.24. The number of hydrogen-bond donors (Lipinski definition) is 1. The number of fused-ring (bicyclic) bond motifs is 2. The SMILES string of the molecule is C[C@@H]1COCCN1c1nc(-c2cccc3[nH]ccc23)nc2ncccc12. The van der Waals surface area contributed by atoms with Crippen LogP contribution >= 0.6 is 0 Å². The maximum atomic E-state index is 5.60. The highest BCUT2D eigenvalue weighted by molar-refractivity contribution is 5.96. The van der Waals surface area contributed by atoms with E-state index >= 15 is 0 Å². The van der Waals surface area contributed by atoms with E-state index in [4.69, 9.17) is 14.7 Å². The summed E-state index contributed by atoms with van der Waals surface area (Å²) in [5, 5.41) is 2.09. The molecule has 1 saturated heterocycles. The average molecular weight is 345 g/mol. The molecule has 0 bridgehead atoms. The van der Waals surface area contributed by atoms with Gasteiger partial charge in [0.1, 0.15) is 5.82 Å². The van der Waals surface area contributed by atoms with Crippen LogP contribution in [0, 0.1) is 0 Å². The molecule has 6 nitrogen and oxygen atoms in total. The highest BCUT2D eigenvalue weighted by atomic mass is 16.5. The van der Waals surface area contributed by atoms with Crippen LogP contribution < -0.4 is 4.90 Å². The van der Waals surface area contributed by atoms with Gasteiger partial charge in [0, 0.05) is 35.4 Å². The Hall–Kier alpha value is -2.99. The summed E-state index contributed by atoms with van der Waals surface area (Å²) in [4.78, 5) is 19.8. The number of benzene rings is 1. The minimum atomic E-state index is 0.262. The van der Waals surface area contributed by atoms with Crippen molar-refractivity contribution in [2.24, 2.45) is 0 Å². The first-order valence-corrected chi connectivity index (χ1v) is 8.85. The smallest absolute Gasteiger partial charge is 0.165 e. The van der Waals surface area contributed by atoms with Crippen LogP contribution in [0.4, 0.5) is 5.82 Å². The Morgan fingerprint density at radius 1 is 1.12 bits per heavy atom. The second-order valence-electron chi connectivity index (χ2n) is 6.61. The fraction of sp³-hybridized carbons (Fsp3) is 0.250. The van der Waals surface area contributed by atoms with E-state index in [0.29, 0.717) is 19.0 Å². The molecule has 0 aliphatic carbocycles. The van der Waals surface area contributed by atoms with E-state index in [9.17, 15) is 0 Å². The van der Waals surface area contributed by atoms with Gasteiger partial charge in [-0.3, -0.25) is 0 Å². The Kier molecular flexibility index (Phi) is 3.57. The fourth-order valence-corrected chi connectivity index (χ4v) is 3.61. The van der Waals surface area contributed by atoms with E-state index in [0.717, 1.165) is 39.9 Å². The molecular formula is C20H19N5O. The van der Waals surface area contributed by atoms with Crippen molar-refractivity contribution in [1.29, 1.82) is 0 Å². The van der Waals surface area contributed by atoms with Crippen LogP contribution in [0.25, 0.3) is 33.3 Å². The molecule has 1 aliphatic rings. The second kappa shape index (κ2) is 6.07. The molecule has 1 aromatic carbocycles. The predicted molar refractivity (Wildman–Crippen MR) is 102 cm³/mol. The Balaban J connectivity index is 1.76. The van der Waals surface area contributed by atoms with Gasteiger partial charge in [0.05, 0.1) is 24.6 Å². The molecule has 1 fully saturated rings. The van der Waals surface area contributed by atoms with Crippen LogP contribution in [0.5, 0.6) is 0 Å². The average Bonchev–Trinajstić information content (AvgIpc) is 3.16. The zero-order valence-electron chi connectivity index (χ0n) is 14.5. The van der Waals surface area contributed by atoms with Gasteiger partial charge >= 0.3 is 0 Å². The minimum Gasteiger partial charge on any atom is -0.377 e.